The molecule has 0 aliphatic heterocycles. The molecule has 7 heteroatoms. The maximum absolute atomic E-state index is 12.4. The van der Waals surface area contributed by atoms with Crippen LogP contribution in [0.2, 0.25) is 0 Å². The van der Waals surface area contributed by atoms with Crippen LogP contribution < -0.4 is 5.73 Å². The van der Waals surface area contributed by atoms with Gasteiger partial charge in [0.05, 0.1) is 11.5 Å². The molecule has 108 valence electrons. The molecule has 1 aromatic carbocycles. The van der Waals surface area contributed by atoms with Crippen molar-refractivity contribution in [2.75, 3.05) is 32.0 Å². The molecular weight excluding hydrogens is 332 g/mol. The number of likely N-dealkylation sites (N-methyl/N-ethyl adjacent to an activating group) is 1. The highest BCUT2D eigenvalue weighted by molar-refractivity contribution is 9.10. The summed E-state index contributed by atoms with van der Waals surface area (Å²) >= 11 is 3.24. The van der Waals surface area contributed by atoms with E-state index in [1.165, 1.54) is 16.4 Å². The lowest BCUT2D eigenvalue weighted by Gasteiger charge is -2.20. The predicted octanol–water partition coefficient (Wildman–Crippen LogP) is 2.08. The zero-order valence-electron chi connectivity index (χ0n) is 11.1. The van der Waals surface area contributed by atoms with Gasteiger partial charge in [0.25, 0.3) is 0 Å². The zero-order valence-corrected chi connectivity index (χ0v) is 13.5. The Morgan fingerprint density at radius 3 is 2.58 bits per heavy atom. The maximum atomic E-state index is 12.4. The summed E-state index contributed by atoms with van der Waals surface area (Å²) in [4.78, 5) is 0.229. The predicted molar refractivity (Wildman–Crippen MR) is 79.5 cm³/mol. The number of sulfonamides is 1. The van der Waals surface area contributed by atoms with Crippen molar-refractivity contribution in [3.63, 3.8) is 0 Å². The Morgan fingerprint density at radius 1 is 1.37 bits per heavy atom. The number of ether oxygens (including phenoxy) is 1. The second kappa shape index (κ2) is 7.23. The fourth-order valence-corrected chi connectivity index (χ4v) is 3.57. The lowest BCUT2D eigenvalue weighted by molar-refractivity contribution is 0.135. The van der Waals surface area contributed by atoms with E-state index in [1.807, 2.05) is 6.92 Å². The second-order valence-corrected chi connectivity index (χ2v) is 6.67. The number of hydrogen-bond donors (Lipinski definition) is 1. The van der Waals surface area contributed by atoms with E-state index in [-0.39, 0.29) is 4.90 Å². The van der Waals surface area contributed by atoms with E-state index >= 15 is 0 Å². The summed E-state index contributed by atoms with van der Waals surface area (Å²) in [5.41, 5.74) is 6.17. The quantitative estimate of drug-likeness (QED) is 0.603. The number of anilines is 1. The molecule has 5 nitrogen and oxygen atoms in total. The van der Waals surface area contributed by atoms with Crippen molar-refractivity contribution in [1.29, 1.82) is 0 Å². The van der Waals surface area contributed by atoms with Crippen LogP contribution >= 0.6 is 15.9 Å². The molecule has 19 heavy (non-hydrogen) atoms. The minimum absolute atomic E-state index is 0.229. The van der Waals surface area contributed by atoms with Gasteiger partial charge in [-0.25, -0.2) is 8.42 Å². The summed E-state index contributed by atoms with van der Waals surface area (Å²) < 4.78 is 32.0. The third kappa shape index (κ3) is 4.17. The van der Waals surface area contributed by atoms with Crippen molar-refractivity contribution in [3.05, 3.63) is 22.7 Å². The topological polar surface area (TPSA) is 72.6 Å². The molecule has 0 heterocycles. The number of benzene rings is 1. The summed E-state index contributed by atoms with van der Waals surface area (Å²) in [6.45, 7) is 5.38. The largest absolute Gasteiger partial charge is 0.398 e. The molecule has 0 bridgehead atoms. The monoisotopic (exact) mass is 350 g/mol. The van der Waals surface area contributed by atoms with Crippen LogP contribution in [0.1, 0.15) is 13.8 Å². The summed E-state index contributed by atoms with van der Waals surface area (Å²) in [6, 6.07) is 4.61. The van der Waals surface area contributed by atoms with Crippen LogP contribution in [0.25, 0.3) is 0 Å². The first-order valence-electron chi connectivity index (χ1n) is 6.06. The molecule has 0 aliphatic carbocycles. The second-order valence-electron chi connectivity index (χ2n) is 3.88. The molecule has 2 N–H and O–H groups in total. The van der Waals surface area contributed by atoms with Crippen LogP contribution in [0, 0.1) is 0 Å². The Kier molecular flexibility index (Phi) is 6.25. The molecule has 0 atom stereocenters. The van der Waals surface area contributed by atoms with Crippen LogP contribution in [0.5, 0.6) is 0 Å². The molecule has 1 rings (SSSR count). The smallest absolute Gasteiger partial charge is 0.243 e. The maximum Gasteiger partial charge on any atom is 0.243 e. The first-order valence-corrected chi connectivity index (χ1v) is 8.29. The number of nitrogen functional groups attached to an aromatic ring is 1. The van der Waals surface area contributed by atoms with Gasteiger partial charge in [-0.2, -0.15) is 4.31 Å². The third-order valence-corrected chi connectivity index (χ3v) is 5.31. The summed E-state index contributed by atoms with van der Waals surface area (Å²) in [7, 11) is -3.50. The third-order valence-electron chi connectivity index (χ3n) is 2.65. The highest BCUT2D eigenvalue weighted by atomic mass is 79.9. The molecule has 0 saturated carbocycles. The first-order chi connectivity index (χ1) is 8.93. The van der Waals surface area contributed by atoms with Gasteiger partial charge in [-0.05, 0) is 41.1 Å². The molecule has 0 radical (unpaired) electrons. The lowest BCUT2D eigenvalue weighted by Crippen LogP contribution is -2.34. The summed E-state index contributed by atoms with van der Waals surface area (Å²) in [5.74, 6) is 0. The van der Waals surface area contributed by atoms with Gasteiger partial charge in [-0.15, -0.1) is 0 Å². The van der Waals surface area contributed by atoms with Crippen molar-refractivity contribution in [2.24, 2.45) is 0 Å². The Hall–Kier alpha value is -0.630. The molecule has 0 aliphatic rings. The van der Waals surface area contributed by atoms with Gasteiger partial charge in [-0.3, -0.25) is 0 Å². The number of rotatable bonds is 7. The molecule has 0 saturated heterocycles. The zero-order chi connectivity index (χ0) is 14.5. The van der Waals surface area contributed by atoms with Crippen molar-refractivity contribution in [3.8, 4) is 0 Å². The van der Waals surface area contributed by atoms with E-state index in [2.05, 4.69) is 15.9 Å². The van der Waals surface area contributed by atoms with Crippen molar-refractivity contribution in [1.82, 2.24) is 4.31 Å². The van der Waals surface area contributed by atoms with Crippen molar-refractivity contribution < 1.29 is 13.2 Å². The molecule has 0 fully saturated rings. The van der Waals surface area contributed by atoms with Crippen LogP contribution in [-0.4, -0.2) is 39.0 Å². The Morgan fingerprint density at radius 2 is 2.05 bits per heavy atom. The Balaban J connectivity index is 2.96. The standard InChI is InChI=1S/C12H19BrN2O3S/c1-3-15(7-8-18-4-2)19(16,17)10-5-6-12(14)11(13)9-10/h5-6,9H,3-4,7-8,14H2,1-2H3. The van der Waals surface area contributed by atoms with Gasteiger partial charge in [0.1, 0.15) is 0 Å². The molecule has 0 unspecified atom stereocenters. The lowest BCUT2D eigenvalue weighted by atomic mass is 10.3. The average Bonchev–Trinajstić information content (AvgIpc) is 2.37. The van der Waals surface area contributed by atoms with Gasteiger partial charge < -0.3 is 10.5 Å². The van der Waals surface area contributed by atoms with Crippen LogP contribution in [-0.2, 0) is 14.8 Å². The molecule has 1 aromatic rings. The van der Waals surface area contributed by atoms with Gasteiger partial charge in [0.2, 0.25) is 10.0 Å². The van der Waals surface area contributed by atoms with Gasteiger partial charge in [-0.1, -0.05) is 6.92 Å². The minimum Gasteiger partial charge on any atom is -0.398 e. The van der Waals surface area contributed by atoms with Crippen molar-refractivity contribution >= 4 is 31.6 Å². The van der Waals surface area contributed by atoms with Gasteiger partial charge in [0, 0.05) is 29.9 Å². The van der Waals surface area contributed by atoms with Crippen LogP contribution in [0.4, 0.5) is 5.69 Å². The summed E-state index contributed by atoms with van der Waals surface area (Å²) in [5, 5.41) is 0. The highest BCUT2D eigenvalue weighted by Gasteiger charge is 2.23. The van der Waals surface area contributed by atoms with E-state index < -0.39 is 10.0 Å². The number of nitrogens with two attached hydrogens (primary N) is 1. The first kappa shape index (κ1) is 16.4. The fraction of sp³-hybridized carbons (Fsp3) is 0.500. The van der Waals surface area contributed by atoms with Crippen LogP contribution in [0.15, 0.2) is 27.6 Å². The van der Waals surface area contributed by atoms with Crippen molar-refractivity contribution in [2.45, 2.75) is 18.7 Å². The van der Waals surface area contributed by atoms with Gasteiger partial charge >= 0.3 is 0 Å². The molecule has 0 amide bonds. The Labute approximate surface area is 122 Å². The molecule has 0 aromatic heterocycles. The number of hydrogen-bond acceptors (Lipinski definition) is 4. The minimum atomic E-state index is -3.50. The molecular formula is C12H19BrN2O3S. The van der Waals surface area contributed by atoms with E-state index in [4.69, 9.17) is 10.5 Å². The van der Waals surface area contributed by atoms with E-state index in [0.29, 0.717) is 36.5 Å². The number of halogens is 1. The Bertz CT molecular complexity index is 520. The number of nitrogens with zero attached hydrogens (tertiary/aromatic N) is 1. The molecule has 0 spiro atoms. The van der Waals surface area contributed by atoms with E-state index in [1.54, 1.807) is 13.0 Å². The average molecular weight is 351 g/mol. The highest BCUT2D eigenvalue weighted by Crippen LogP contribution is 2.25. The van der Waals surface area contributed by atoms with E-state index in [0.717, 1.165) is 0 Å². The van der Waals surface area contributed by atoms with E-state index in [9.17, 15) is 8.42 Å². The van der Waals surface area contributed by atoms with Gasteiger partial charge in [0.15, 0.2) is 0 Å². The fourth-order valence-electron chi connectivity index (χ4n) is 1.58. The van der Waals surface area contributed by atoms with Crippen LogP contribution in [0.3, 0.4) is 0 Å². The summed E-state index contributed by atoms with van der Waals surface area (Å²) in [6.07, 6.45) is 0. The SMILES string of the molecule is CCOCCN(CC)S(=O)(=O)c1ccc(N)c(Br)c1. The normalized spacial score (nSPS) is 12.0.